The number of nitro benzene ring substituents is 1. The summed E-state index contributed by atoms with van der Waals surface area (Å²) in [7, 11) is 1.53. The Morgan fingerprint density at radius 3 is 2.44 bits per heavy atom. The van der Waals surface area contributed by atoms with Gasteiger partial charge in [0, 0.05) is 22.2 Å². The zero-order valence-corrected chi connectivity index (χ0v) is 20.8. The highest BCUT2D eigenvalue weighted by Gasteiger charge is 2.25. The maximum absolute atomic E-state index is 12.3. The predicted molar refractivity (Wildman–Crippen MR) is 133 cm³/mol. The standard InChI is InChI=1S/C24H16Br2N2O6/c1-32-21-12-15(10-19(26)22(21)33-13-14-2-6-17(25)7-3-14)11-20-24(29)34-23(27-20)16-4-8-18(9-5-16)28(30)31/h2-12H,13H2,1H3/b20-11-. The van der Waals surface area contributed by atoms with Crippen LogP contribution in [0.15, 0.2) is 80.3 Å². The number of hydrogen-bond donors (Lipinski definition) is 0. The fourth-order valence-corrected chi connectivity index (χ4v) is 3.95. The van der Waals surface area contributed by atoms with E-state index >= 15 is 0 Å². The Bertz CT molecular complexity index is 1320. The summed E-state index contributed by atoms with van der Waals surface area (Å²) in [5, 5.41) is 10.8. The first-order valence-corrected chi connectivity index (χ1v) is 11.4. The second-order valence-electron chi connectivity index (χ2n) is 7.09. The van der Waals surface area contributed by atoms with Crippen molar-refractivity contribution in [3.05, 3.63) is 102 Å². The fraction of sp³-hybridized carbons (Fsp3) is 0.0833. The molecule has 8 nitrogen and oxygen atoms in total. The van der Waals surface area contributed by atoms with Crippen LogP contribution >= 0.6 is 31.9 Å². The number of benzene rings is 3. The molecule has 4 rings (SSSR count). The number of halogens is 2. The van der Waals surface area contributed by atoms with Crippen molar-refractivity contribution < 1.29 is 23.9 Å². The number of aliphatic imine (C=N–C) groups is 1. The lowest BCUT2D eigenvalue weighted by atomic mass is 10.1. The summed E-state index contributed by atoms with van der Waals surface area (Å²) in [6, 6.07) is 16.9. The molecule has 0 N–H and O–H groups in total. The van der Waals surface area contributed by atoms with Crippen molar-refractivity contribution in [3.8, 4) is 11.5 Å². The van der Waals surface area contributed by atoms with E-state index in [0.29, 0.717) is 33.7 Å². The molecule has 0 saturated heterocycles. The quantitative estimate of drug-likeness (QED) is 0.144. The third kappa shape index (κ3) is 5.35. The van der Waals surface area contributed by atoms with Crippen molar-refractivity contribution in [2.45, 2.75) is 6.61 Å². The van der Waals surface area contributed by atoms with Crippen molar-refractivity contribution in [2.75, 3.05) is 7.11 Å². The Hall–Kier alpha value is -3.50. The summed E-state index contributed by atoms with van der Waals surface area (Å²) in [6.07, 6.45) is 1.56. The first-order chi connectivity index (χ1) is 16.3. The monoisotopic (exact) mass is 586 g/mol. The third-order valence-corrected chi connectivity index (χ3v) is 5.91. The van der Waals surface area contributed by atoms with Crippen molar-refractivity contribution in [2.24, 2.45) is 4.99 Å². The van der Waals surface area contributed by atoms with Crippen LogP contribution in [0.2, 0.25) is 0 Å². The molecule has 0 aliphatic carbocycles. The molecule has 1 aliphatic rings. The Balaban J connectivity index is 1.57. The van der Waals surface area contributed by atoms with Crippen LogP contribution in [0.4, 0.5) is 5.69 Å². The van der Waals surface area contributed by atoms with Crippen LogP contribution in [0.5, 0.6) is 11.5 Å². The minimum Gasteiger partial charge on any atom is -0.493 e. The third-order valence-electron chi connectivity index (χ3n) is 4.80. The number of ether oxygens (including phenoxy) is 3. The van der Waals surface area contributed by atoms with E-state index in [9.17, 15) is 14.9 Å². The smallest absolute Gasteiger partial charge is 0.363 e. The molecule has 0 unspecified atom stereocenters. The molecule has 0 radical (unpaired) electrons. The van der Waals surface area contributed by atoms with E-state index in [-0.39, 0.29) is 17.3 Å². The predicted octanol–water partition coefficient (Wildman–Crippen LogP) is 6.05. The van der Waals surface area contributed by atoms with Gasteiger partial charge in [0.1, 0.15) is 6.61 Å². The minimum absolute atomic E-state index is 0.0659. The van der Waals surface area contributed by atoms with Crippen molar-refractivity contribution >= 4 is 55.5 Å². The Kier molecular flexibility index (Phi) is 7.09. The van der Waals surface area contributed by atoms with Gasteiger partial charge in [-0.3, -0.25) is 10.1 Å². The number of non-ortho nitro benzene ring substituents is 1. The maximum atomic E-state index is 12.3. The van der Waals surface area contributed by atoms with Crippen LogP contribution in [0, 0.1) is 10.1 Å². The van der Waals surface area contributed by atoms with Crippen molar-refractivity contribution in [3.63, 3.8) is 0 Å². The Labute approximate surface area is 211 Å². The molecule has 172 valence electrons. The van der Waals surface area contributed by atoms with Gasteiger partial charge in [0.05, 0.1) is 16.5 Å². The average molecular weight is 588 g/mol. The van der Waals surface area contributed by atoms with Crippen LogP contribution in [-0.4, -0.2) is 23.9 Å². The van der Waals surface area contributed by atoms with Crippen LogP contribution in [0.1, 0.15) is 16.7 Å². The molecule has 0 saturated carbocycles. The van der Waals surface area contributed by atoms with Gasteiger partial charge in [-0.2, -0.15) is 0 Å². The normalized spacial score (nSPS) is 14.0. The summed E-state index contributed by atoms with van der Waals surface area (Å²) >= 11 is 6.92. The molecule has 0 aromatic heterocycles. The van der Waals surface area contributed by atoms with Crippen LogP contribution in [0.25, 0.3) is 6.08 Å². The number of carbonyl (C=O) groups excluding carboxylic acids is 1. The van der Waals surface area contributed by atoms with E-state index in [4.69, 9.17) is 14.2 Å². The summed E-state index contributed by atoms with van der Waals surface area (Å²) < 4.78 is 18.3. The number of esters is 1. The first-order valence-electron chi connectivity index (χ1n) is 9.86. The molecule has 34 heavy (non-hydrogen) atoms. The maximum Gasteiger partial charge on any atom is 0.363 e. The van der Waals surface area contributed by atoms with Crippen LogP contribution in [0.3, 0.4) is 0 Å². The topological polar surface area (TPSA) is 100 Å². The van der Waals surface area contributed by atoms with Gasteiger partial charge in [-0.1, -0.05) is 28.1 Å². The van der Waals surface area contributed by atoms with Gasteiger partial charge in [0.15, 0.2) is 17.2 Å². The second-order valence-corrected chi connectivity index (χ2v) is 8.86. The van der Waals surface area contributed by atoms with Gasteiger partial charge >= 0.3 is 5.97 Å². The zero-order valence-electron chi connectivity index (χ0n) is 17.7. The largest absolute Gasteiger partial charge is 0.493 e. The summed E-state index contributed by atoms with van der Waals surface area (Å²) in [4.78, 5) is 26.9. The molecular formula is C24H16Br2N2O6. The van der Waals surface area contributed by atoms with E-state index in [1.54, 1.807) is 18.2 Å². The lowest BCUT2D eigenvalue weighted by Crippen LogP contribution is -2.05. The summed E-state index contributed by atoms with van der Waals surface area (Å²) in [5.74, 6) is 0.451. The SMILES string of the molecule is COc1cc(/C=C2\N=C(c3ccc([N+](=O)[O-])cc3)OC2=O)cc(Br)c1OCc1ccc(Br)cc1. The van der Waals surface area contributed by atoms with E-state index < -0.39 is 10.9 Å². The first kappa shape index (κ1) is 23.7. The molecule has 3 aromatic rings. The number of rotatable bonds is 7. The van der Waals surface area contributed by atoms with E-state index in [0.717, 1.165) is 10.0 Å². The van der Waals surface area contributed by atoms with Gasteiger partial charge < -0.3 is 14.2 Å². The Morgan fingerprint density at radius 2 is 1.79 bits per heavy atom. The molecule has 3 aromatic carbocycles. The second kappa shape index (κ2) is 10.2. The van der Waals surface area contributed by atoms with E-state index in [1.807, 2.05) is 24.3 Å². The molecule has 0 spiro atoms. The molecule has 0 fully saturated rings. The number of methoxy groups -OCH3 is 1. The lowest BCUT2D eigenvalue weighted by molar-refractivity contribution is -0.384. The number of carbonyl (C=O) groups is 1. The van der Waals surface area contributed by atoms with Crippen LogP contribution in [-0.2, 0) is 16.1 Å². The van der Waals surface area contributed by atoms with Gasteiger partial charge in [0.25, 0.3) is 5.69 Å². The Morgan fingerprint density at radius 1 is 1.09 bits per heavy atom. The molecule has 0 amide bonds. The fourth-order valence-electron chi connectivity index (χ4n) is 3.12. The number of nitrogens with zero attached hydrogens (tertiary/aromatic N) is 2. The summed E-state index contributed by atoms with van der Waals surface area (Å²) in [5.41, 5.74) is 2.11. The van der Waals surface area contributed by atoms with E-state index in [1.165, 1.54) is 31.4 Å². The molecule has 1 heterocycles. The van der Waals surface area contributed by atoms with Gasteiger partial charge in [-0.25, -0.2) is 9.79 Å². The molecular weight excluding hydrogens is 572 g/mol. The van der Waals surface area contributed by atoms with Crippen molar-refractivity contribution in [1.82, 2.24) is 0 Å². The number of hydrogen-bond acceptors (Lipinski definition) is 7. The lowest BCUT2D eigenvalue weighted by Gasteiger charge is -2.14. The van der Waals surface area contributed by atoms with Crippen LogP contribution < -0.4 is 9.47 Å². The molecule has 1 aliphatic heterocycles. The minimum atomic E-state index is -0.626. The highest BCUT2D eigenvalue weighted by molar-refractivity contribution is 9.10. The highest BCUT2D eigenvalue weighted by Crippen LogP contribution is 2.38. The van der Waals surface area contributed by atoms with E-state index in [2.05, 4.69) is 36.9 Å². The van der Waals surface area contributed by atoms with Gasteiger partial charge in [-0.15, -0.1) is 0 Å². The molecule has 0 atom stereocenters. The molecule has 0 bridgehead atoms. The summed E-state index contributed by atoms with van der Waals surface area (Å²) in [6.45, 7) is 0.345. The van der Waals surface area contributed by atoms with Crippen molar-refractivity contribution in [1.29, 1.82) is 0 Å². The number of cyclic esters (lactones) is 1. The average Bonchev–Trinajstić information content (AvgIpc) is 3.19. The van der Waals surface area contributed by atoms with Gasteiger partial charge in [-0.05, 0) is 69.5 Å². The zero-order chi connectivity index (χ0) is 24.2. The molecule has 10 heteroatoms. The highest BCUT2D eigenvalue weighted by atomic mass is 79.9. The number of nitro groups is 1. The van der Waals surface area contributed by atoms with Gasteiger partial charge in [0.2, 0.25) is 5.90 Å².